The van der Waals surface area contributed by atoms with Crippen LogP contribution in [0.4, 0.5) is 5.69 Å². The fraction of sp³-hybridized carbons (Fsp3) is 0.333. The van der Waals surface area contributed by atoms with Crippen molar-refractivity contribution in [2.75, 3.05) is 13.1 Å². The first kappa shape index (κ1) is 23.8. The number of rotatable bonds is 11. The van der Waals surface area contributed by atoms with E-state index in [0.717, 1.165) is 18.5 Å². The standard InChI is InChI=1S/C24H28N4O5/c1-3-4-14-26(24(30)19-9-11-20(12-10-19)28(31)32)18-23(29)27(17-22-8-6-15-33-22)16-21-7-5-13-25(21)2/h5-13,15H,3-4,14,16-18H2,1-2H3. The van der Waals surface area contributed by atoms with Crippen molar-refractivity contribution >= 4 is 17.5 Å². The Bertz CT molecular complexity index is 1070. The predicted molar refractivity (Wildman–Crippen MR) is 122 cm³/mol. The Morgan fingerprint density at radius 3 is 2.39 bits per heavy atom. The summed E-state index contributed by atoms with van der Waals surface area (Å²) in [5, 5.41) is 10.9. The number of nitrogens with zero attached hydrogens (tertiary/aromatic N) is 4. The molecule has 33 heavy (non-hydrogen) atoms. The fourth-order valence-corrected chi connectivity index (χ4v) is 3.45. The minimum Gasteiger partial charge on any atom is -0.467 e. The lowest BCUT2D eigenvalue weighted by Gasteiger charge is -2.27. The number of hydrogen-bond donors (Lipinski definition) is 0. The van der Waals surface area contributed by atoms with Crippen molar-refractivity contribution in [1.82, 2.24) is 14.4 Å². The summed E-state index contributed by atoms with van der Waals surface area (Å²) in [6, 6.07) is 12.9. The third kappa shape index (κ3) is 6.31. The van der Waals surface area contributed by atoms with Crippen LogP contribution in [0.5, 0.6) is 0 Å². The topological polar surface area (TPSA) is 102 Å². The summed E-state index contributed by atoms with van der Waals surface area (Å²) in [7, 11) is 1.91. The van der Waals surface area contributed by atoms with E-state index in [-0.39, 0.29) is 30.6 Å². The molecule has 0 aliphatic carbocycles. The molecule has 0 saturated heterocycles. The number of carbonyl (C=O) groups excluding carboxylic acids is 2. The first-order chi connectivity index (χ1) is 15.9. The molecular formula is C24H28N4O5. The zero-order valence-electron chi connectivity index (χ0n) is 18.8. The average molecular weight is 453 g/mol. The Morgan fingerprint density at radius 1 is 1.06 bits per heavy atom. The number of aromatic nitrogens is 1. The molecule has 0 N–H and O–H groups in total. The number of carbonyl (C=O) groups is 2. The summed E-state index contributed by atoms with van der Waals surface area (Å²) in [6.45, 7) is 2.98. The molecule has 0 saturated carbocycles. The van der Waals surface area contributed by atoms with E-state index in [4.69, 9.17) is 4.42 Å². The smallest absolute Gasteiger partial charge is 0.269 e. The first-order valence-corrected chi connectivity index (χ1v) is 10.8. The Morgan fingerprint density at radius 2 is 1.82 bits per heavy atom. The highest BCUT2D eigenvalue weighted by atomic mass is 16.6. The number of aryl methyl sites for hydroxylation is 1. The monoisotopic (exact) mass is 452 g/mol. The van der Waals surface area contributed by atoms with Gasteiger partial charge in [-0.1, -0.05) is 13.3 Å². The minimum absolute atomic E-state index is 0.0880. The van der Waals surface area contributed by atoms with Crippen molar-refractivity contribution < 1.29 is 18.9 Å². The fourth-order valence-electron chi connectivity index (χ4n) is 3.45. The van der Waals surface area contributed by atoms with Gasteiger partial charge in [-0.15, -0.1) is 0 Å². The van der Waals surface area contributed by atoms with Gasteiger partial charge < -0.3 is 18.8 Å². The van der Waals surface area contributed by atoms with E-state index in [0.29, 0.717) is 24.4 Å². The molecular weight excluding hydrogens is 424 g/mol. The average Bonchev–Trinajstić information content (AvgIpc) is 3.47. The van der Waals surface area contributed by atoms with Crippen LogP contribution in [0.25, 0.3) is 0 Å². The lowest BCUT2D eigenvalue weighted by atomic mass is 10.1. The summed E-state index contributed by atoms with van der Waals surface area (Å²) >= 11 is 0. The molecule has 9 nitrogen and oxygen atoms in total. The molecule has 0 unspecified atom stereocenters. The predicted octanol–water partition coefficient (Wildman–Crippen LogP) is 4.00. The second kappa shape index (κ2) is 11.1. The Balaban J connectivity index is 1.79. The lowest BCUT2D eigenvalue weighted by Crippen LogP contribution is -2.43. The van der Waals surface area contributed by atoms with E-state index in [1.165, 1.54) is 29.2 Å². The SMILES string of the molecule is CCCCN(CC(=O)N(Cc1ccco1)Cc1cccn1C)C(=O)c1ccc([N+](=O)[O-])cc1. The molecule has 174 valence electrons. The molecule has 3 rings (SSSR count). The van der Waals surface area contributed by atoms with Gasteiger partial charge in [-0.2, -0.15) is 0 Å². The highest BCUT2D eigenvalue weighted by molar-refractivity contribution is 5.96. The van der Waals surface area contributed by atoms with Gasteiger partial charge >= 0.3 is 0 Å². The summed E-state index contributed by atoms with van der Waals surface area (Å²) in [5.41, 5.74) is 1.18. The van der Waals surface area contributed by atoms with Crippen molar-refractivity contribution in [2.24, 2.45) is 7.05 Å². The van der Waals surface area contributed by atoms with E-state index in [2.05, 4.69) is 0 Å². The van der Waals surface area contributed by atoms with Gasteiger partial charge in [-0.05, 0) is 42.8 Å². The van der Waals surface area contributed by atoms with Crippen LogP contribution in [0.1, 0.15) is 41.6 Å². The van der Waals surface area contributed by atoms with Crippen LogP contribution in [0.3, 0.4) is 0 Å². The number of nitro groups is 1. The molecule has 9 heteroatoms. The summed E-state index contributed by atoms with van der Waals surface area (Å²) in [5.74, 6) is 0.113. The van der Waals surface area contributed by atoms with Gasteiger partial charge in [0.15, 0.2) is 0 Å². The molecule has 0 atom stereocenters. The molecule has 0 bridgehead atoms. The van der Waals surface area contributed by atoms with E-state index in [1.807, 2.05) is 42.9 Å². The van der Waals surface area contributed by atoms with Crippen LogP contribution in [0.2, 0.25) is 0 Å². The normalized spacial score (nSPS) is 10.7. The molecule has 2 aromatic heterocycles. The number of non-ortho nitro benzene ring substituents is 1. The van der Waals surface area contributed by atoms with E-state index >= 15 is 0 Å². The first-order valence-electron chi connectivity index (χ1n) is 10.8. The van der Waals surface area contributed by atoms with Gasteiger partial charge in [-0.25, -0.2) is 0 Å². The number of amides is 2. The molecule has 2 heterocycles. The maximum Gasteiger partial charge on any atom is 0.269 e. The quantitative estimate of drug-likeness (QED) is 0.323. The molecule has 0 spiro atoms. The van der Waals surface area contributed by atoms with Crippen LogP contribution in [-0.2, 0) is 24.9 Å². The maximum absolute atomic E-state index is 13.4. The van der Waals surface area contributed by atoms with Crippen LogP contribution >= 0.6 is 0 Å². The number of hydrogen-bond acceptors (Lipinski definition) is 5. The summed E-state index contributed by atoms with van der Waals surface area (Å²) in [4.78, 5) is 40.1. The Kier molecular flexibility index (Phi) is 8.01. The molecule has 0 radical (unpaired) electrons. The van der Waals surface area contributed by atoms with Gasteiger partial charge in [0.05, 0.1) is 24.3 Å². The van der Waals surface area contributed by atoms with Gasteiger partial charge in [-0.3, -0.25) is 19.7 Å². The van der Waals surface area contributed by atoms with E-state index in [1.54, 1.807) is 17.2 Å². The highest BCUT2D eigenvalue weighted by Gasteiger charge is 2.24. The number of unbranched alkanes of at least 4 members (excludes halogenated alkanes) is 1. The van der Waals surface area contributed by atoms with Crippen LogP contribution < -0.4 is 0 Å². The van der Waals surface area contributed by atoms with Crippen LogP contribution in [0, 0.1) is 10.1 Å². The second-order valence-electron chi connectivity index (χ2n) is 7.82. The van der Waals surface area contributed by atoms with Gasteiger partial charge in [0.25, 0.3) is 11.6 Å². The zero-order valence-corrected chi connectivity index (χ0v) is 18.8. The van der Waals surface area contributed by atoms with Crippen molar-refractivity contribution in [2.45, 2.75) is 32.9 Å². The molecule has 2 amide bonds. The minimum atomic E-state index is -0.511. The van der Waals surface area contributed by atoms with Crippen LogP contribution in [-0.4, -0.2) is 44.2 Å². The highest BCUT2D eigenvalue weighted by Crippen LogP contribution is 2.16. The maximum atomic E-state index is 13.4. The largest absolute Gasteiger partial charge is 0.467 e. The van der Waals surface area contributed by atoms with Crippen molar-refractivity contribution in [3.63, 3.8) is 0 Å². The number of nitro benzene ring substituents is 1. The van der Waals surface area contributed by atoms with Crippen molar-refractivity contribution in [3.05, 3.63) is 88.1 Å². The third-order valence-corrected chi connectivity index (χ3v) is 5.40. The molecule has 0 fully saturated rings. The van der Waals surface area contributed by atoms with Gasteiger partial charge in [0, 0.05) is 43.2 Å². The van der Waals surface area contributed by atoms with E-state index < -0.39 is 4.92 Å². The lowest BCUT2D eigenvalue weighted by molar-refractivity contribution is -0.384. The van der Waals surface area contributed by atoms with Crippen LogP contribution in [0.15, 0.2) is 65.4 Å². The summed E-state index contributed by atoms with van der Waals surface area (Å²) in [6.07, 6.45) is 5.07. The number of benzene rings is 1. The second-order valence-corrected chi connectivity index (χ2v) is 7.82. The van der Waals surface area contributed by atoms with Crippen molar-refractivity contribution in [1.29, 1.82) is 0 Å². The summed E-state index contributed by atoms with van der Waals surface area (Å²) < 4.78 is 7.39. The van der Waals surface area contributed by atoms with Gasteiger partial charge in [0.2, 0.25) is 5.91 Å². The molecule has 1 aromatic carbocycles. The molecule has 0 aliphatic rings. The molecule has 0 aliphatic heterocycles. The Hall–Kier alpha value is -3.88. The van der Waals surface area contributed by atoms with Crippen molar-refractivity contribution in [3.8, 4) is 0 Å². The zero-order chi connectivity index (χ0) is 23.8. The third-order valence-electron chi connectivity index (χ3n) is 5.40. The van der Waals surface area contributed by atoms with E-state index in [9.17, 15) is 19.7 Å². The number of furan rings is 1. The molecule has 3 aromatic rings. The van der Waals surface area contributed by atoms with Gasteiger partial charge in [0.1, 0.15) is 12.3 Å². The Labute approximate surface area is 192 Å².